The van der Waals surface area contributed by atoms with Crippen LogP contribution in [0.15, 0.2) is 30.8 Å². The zero-order chi connectivity index (χ0) is 8.27. The van der Waals surface area contributed by atoms with Crippen molar-refractivity contribution in [3.05, 3.63) is 42.0 Å². The van der Waals surface area contributed by atoms with Crippen molar-refractivity contribution in [1.29, 1.82) is 0 Å². The van der Waals surface area contributed by atoms with Gasteiger partial charge in [0.05, 0.1) is 0 Å². The number of halogens is 1. The summed E-state index contributed by atoms with van der Waals surface area (Å²) < 4.78 is 0. The highest BCUT2D eigenvalue weighted by atomic mass is 35.5. The van der Waals surface area contributed by atoms with Crippen molar-refractivity contribution in [3.63, 3.8) is 0 Å². The number of hydrogen-bond acceptors (Lipinski definition) is 1. The number of rotatable bonds is 2. The van der Waals surface area contributed by atoms with Gasteiger partial charge in [-0.3, -0.25) is 0 Å². The predicted molar refractivity (Wildman–Crippen MR) is 49.2 cm³/mol. The van der Waals surface area contributed by atoms with Crippen LogP contribution in [0.1, 0.15) is 11.1 Å². The number of nitrogens with two attached hydrogens (primary N) is 1. The van der Waals surface area contributed by atoms with Crippen LogP contribution in [-0.2, 0) is 5.88 Å². The zero-order valence-electron chi connectivity index (χ0n) is 6.18. The van der Waals surface area contributed by atoms with Crippen molar-refractivity contribution in [2.24, 2.45) is 5.73 Å². The van der Waals surface area contributed by atoms with E-state index < -0.39 is 0 Å². The molecule has 0 saturated heterocycles. The van der Waals surface area contributed by atoms with Gasteiger partial charge in [-0.25, -0.2) is 0 Å². The quantitative estimate of drug-likeness (QED) is 0.673. The Kier molecular flexibility index (Phi) is 2.55. The highest BCUT2D eigenvalue weighted by Gasteiger charge is 1.93. The van der Waals surface area contributed by atoms with Gasteiger partial charge in [0.15, 0.2) is 0 Å². The molecule has 0 heterocycles. The minimum atomic E-state index is 0.539. The van der Waals surface area contributed by atoms with E-state index >= 15 is 0 Å². The number of benzene rings is 1. The van der Waals surface area contributed by atoms with Crippen molar-refractivity contribution < 1.29 is 0 Å². The summed E-state index contributed by atoms with van der Waals surface area (Å²) in [5.74, 6) is 0.539. The maximum atomic E-state index is 5.61. The molecule has 0 amide bonds. The van der Waals surface area contributed by atoms with Gasteiger partial charge in [0.25, 0.3) is 0 Å². The highest BCUT2D eigenvalue weighted by molar-refractivity contribution is 6.17. The molecule has 0 aromatic heterocycles. The third kappa shape index (κ3) is 1.99. The average molecular weight is 168 g/mol. The highest BCUT2D eigenvalue weighted by Crippen LogP contribution is 2.10. The van der Waals surface area contributed by atoms with E-state index in [2.05, 4.69) is 6.58 Å². The Bertz CT molecular complexity index is 251. The molecular weight excluding hydrogens is 158 g/mol. The van der Waals surface area contributed by atoms with Crippen LogP contribution in [0.2, 0.25) is 0 Å². The lowest BCUT2D eigenvalue weighted by Gasteiger charge is -1.99. The first-order valence-corrected chi connectivity index (χ1v) is 3.87. The molecule has 1 aromatic rings. The molecule has 0 aliphatic heterocycles. The van der Waals surface area contributed by atoms with Gasteiger partial charge in [0.1, 0.15) is 0 Å². The van der Waals surface area contributed by atoms with Gasteiger partial charge in [-0.05, 0) is 11.1 Å². The van der Waals surface area contributed by atoms with Crippen LogP contribution in [0.25, 0.3) is 5.70 Å². The van der Waals surface area contributed by atoms with Crippen molar-refractivity contribution in [2.75, 3.05) is 0 Å². The number of hydrogen-bond donors (Lipinski definition) is 1. The molecular formula is C9H10ClN. The Morgan fingerprint density at radius 3 is 2.27 bits per heavy atom. The number of alkyl halides is 1. The smallest absolute Gasteiger partial charge is 0.0474 e. The monoisotopic (exact) mass is 167 g/mol. The largest absolute Gasteiger partial charge is 0.399 e. The SMILES string of the molecule is C=C(N)c1ccc(CCl)cc1. The summed E-state index contributed by atoms with van der Waals surface area (Å²) in [6, 6.07) is 7.72. The third-order valence-corrected chi connectivity index (χ3v) is 1.79. The summed E-state index contributed by atoms with van der Waals surface area (Å²) in [7, 11) is 0. The summed E-state index contributed by atoms with van der Waals surface area (Å²) in [6.07, 6.45) is 0. The minimum Gasteiger partial charge on any atom is -0.399 e. The summed E-state index contributed by atoms with van der Waals surface area (Å²) in [5, 5.41) is 0. The molecule has 0 atom stereocenters. The van der Waals surface area contributed by atoms with Crippen molar-refractivity contribution >= 4 is 17.3 Å². The molecule has 0 spiro atoms. The summed E-state index contributed by atoms with van der Waals surface area (Å²) in [6.45, 7) is 3.63. The summed E-state index contributed by atoms with van der Waals surface area (Å²) >= 11 is 5.61. The maximum Gasteiger partial charge on any atom is 0.0474 e. The lowest BCUT2D eigenvalue weighted by molar-refractivity contribution is 1.38. The molecule has 0 bridgehead atoms. The Morgan fingerprint density at radius 1 is 1.36 bits per heavy atom. The van der Waals surface area contributed by atoms with Crippen molar-refractivity contribution in [1.82, 2.24) is 0 Å². The van der Waals surface area contributed by atoms with Crippen LogP contribution in [0, 0.1) is 0 Å². The van der Waals surface area contributed by atoms with Gasteiger partial charge in [0.2, 0.25) is 0 Å². The van der Waals surface area contributed by atoms with E-state index in [9.17, 15) is 0 Å². The second-order valence-electron chi connectivity index (χ2n) is 2.36. The Labute approximate surface area is 71.5 Å². The lowest BCUT2D eigenvalue weighted by atomic mass is 10.1. The van der Waals surface area contributed by atoms with Gasteiger partial charge < -0.3 is 5.73 Å². The van der Waals surface area contributed by atoms with Crippen LogP contribution in [0.3, 0.4) is 0 Å². The van der Waals surface area contributed by atoms with Crippen LogP contribution in [-0.4, -0.2) is 0 Å². The predicted octanol–water partition coefficient (Wildman–Crippen LogP) is 2.35. The van der Waals surface area contributed by atoms with Crippen molar-refractivity contribution in [2.45, 2.75) is 5.88 Å². The van der Waals surface area contributed by atoms with Gasteiger partial charge in [0, 0.05) is 11.6 Å². The molecule has 0 aliphatic rings. The first kappa shape index (κ1) is 8.15. The molecule has 0 radical (unpaired) electrons. The van der Waals surface area contributed by atoms with E-state index in [1.54, 1.807) is 0 Å². The molecule has 1 nitrogen and oxygen atoms in total. The fourth-order valence-electron chi connectivity index (χ4n) is 0.808. The second-order valence-corrected chi connectivity index (χ2v) is 2.62. The van der Waals surface area contributed by atoms with Crippen LogP contribution >= 0.6 is 11.6 Å². The first-order chi connectivity index (χ1) is 5.24. The fourth-order valence-corrected chi connectivity index (χ4v) is 0.986. The Morgan fingerprint density at radius 2 is 1.91 bits per heavy atom. The average Bonchev–Trinajstić information content (AvgIpc) is 2.05. The maximum absolute atomic E-state index is 5.61. The van der Waals surface area contributed by atoms with Crippen molar-refractivity contribution in [3.8, 4) is 0 Å². The Balaban J connectivity index is 2.91. The molecule has 2 heteroatoms. The molecule has 1 aromatic carbocycles. The van der Waals surface area contributed by atoms with Gasteiger partial charge in [-0.1, -0.05) is 30.8 Å². The van der Waals surface area contributed by atoms with Gasteiger partial charge in [-0.2, -0.15) is 0 Å². The standard InChI is InChI=1S/C9H10ClN/c1-7(11)9-4-2-8(6-10)3-5-9/h2-5H,1,6,11H2. The van der Waals surface area contributed by atoms with E-state index in [0.29, 0.717) is 11.6 Å². The molecule has 0 fully saturated rings. The van der Waals surface area contributed by atoms with Gasteiger partial charge in [-0.15, -0.1) is 11.6 Å². The second kappa shape index (κ2) is 3.44. The summed E-state index contributed by atoms with van der Waals surface area (Å²) in [5.41, 5.74) is 8.12. The molecule has 2 N–H and O–H groups in total. The van der Waals surface area contributed by atoms with E-state index in [-0.39, 0.29) is 0 Å². The molecule has 11 heavy (non-hydrogen) atoms. The molecule has 0 saturated carbocycles. The van der Waals surface area contributed by atoms with E-state index in [1.807, 2.05) is 24.3 Å². The zero-order valence-corrected chi connectivity index (χ0v) is 6.93. The van der Waals surface area contributed by atoms with Gasteiger partial charge >= 0.3 is 0 Å². The van der Waals surface area contributed by atoms with Crippen LogP contribution < -0.4 is 5.73 Å². The summed E-state index contributed by atoms with van der Waals surface area (Å²) in [4.78, 5) is 0. The molecule has 0 unspecified atom stereocenters. The lowest BCUT2D eigenvalue weighted by Crippen LogP contribution is -1.93. The molecule has 58 valence electrons. The topological polar surface area (TPSA) is 26.0 Å². The van der Waals surface area contributed by atoms with E-state index in [1.165, 1.54) is 0 Å². The molecule has 1 rings (SSSR count). The minimum absolute atomic E-state index is 0.539. The van der Waals surface area contributed by atoms with E-state index in [0.717, 1.165) is 11.1 Å². The fraction of sp³-hybridized carbons (Fsp3) is 0.111. The third-order valence-electron chi connectivity index (χ3n) is 1.48. The van der Waals surface area contributed by atoms with Crippen LogP contribution in [0.4, 0.5) is 0 Å². The normalized spacial score (nSPS) is 9.55. The molecule has 0 aliphatic carbocycles. The van der Waals surface area contributed by atoms with Crippen LogP contribution in [0.5, 0.6) is 0 Å². The Hall–Kier alpha value is -0.950. The van der Waals surface area contributed by atoms with E-state index in [4.69, 9.17) is 17.3 Å². The first-order valence-electron chi connectivity index (χ1n) is 3.33.